The van der Waals surface area contributed by atoms with Gasteiger partial charge in [0.1, 0.15) is 10.0 Å². The van der Waals surface area contributed by atoms with E-state index in [4.69, 9.17) is 0 Å². The fourth-order valence-electron chi connectivity index (χ4n) is 2.46. The summed E-state index contributed by atoms with van der Waals surface area (Å²) >= 11 is 1.31. The second-order valence-electron chi connectivity index (χ2n) is 5.12. The third kappa shape index (κ3) is 2.79. The van der Waals surface area contributed by atoms with E-state index < -0.39 is 10.0 Å². The van der Waals surface area contributed by atoms with Gasteiger partial charge in [0.2, 0.25) is 10.0 Å². The highest BCUT2D eigenvalue weighted by Gasteiger charge is 2.22. The second-order valence-corrected chi connectivity index (χ2v) is 8.40. The van der Waals surface area contributed by atoms with Crippen LogP contribution in [0.4, 0.5) is 0 Å². The van der Waals surface area contributed by atoms with Gasteiger partial charge in [-0.3, -0.25) is 0 Å². The lowest BCUT2D eigenvalue weighted by molar-refractivity contribution is 0.363. The predicted octanol–water partition coefficient (Wildman–Crippen LogP) is 1.79. The number of thiophene rings is 1. The van der Waals surface area contributed by atoms with Crippen molar-refractivity contribution < 1.29 is 8.42 Å². The summed E-state index contributed by atoms with van der Waals surface area (Å²) in [6.07, 6.45) is 5.65. The number of nitrogens with one attached hydrogen (secondary N) is 1. The summed E-state index contributed by atoms with van der Waals surface area (Å²) in [5, 5.41) is 0. The molecule has 0 aliphatic carbocycles. The van der Waals surface area contributed by atoms with Crippen LogP contribution in [-0.4, -0.2) is 24.5 Å². The van der Waals surface area contributed by atoms with Crippen LogP contribution in [0, 0.1) is 12.8 Å². The van der Waals surface area contributed by atoms with Gasteiger partial charge in [-0.2, -0.15) is 0 Å². The van der Waals surface area contributed by atoms with Gasteiger partial charge in [0.25, 0.3) is 0 Å². The number of aryl methyl sites for hydroxylation is 2. The van der Waals surface area contributed by atoms with Crippen LogP contribution in [0.15, 0.2) is 28.7 Å². The molecule has 3 heterocycles. The topological polar surface area (TPSA) is 64.0 Å². The molecule has 0 bridgehead atoms. The van der Waals surface area contributed by atoms with E-state index in [9.17, 15) is 8.42 Å². The molecule has 0 saturated heterocycles. The number of aromatic nitrogens is 2. The molecule has 20 heavy (non-hydrogen) atoms. The van der Waals surface area contributed by atoms with E-state index in [1.54, 1.807) is 12.3 Å². The largest absolute Gasteiger partial charge is 0.335 e. The number of rotatable bonds is 4. The predicted molar refractivity (Wildman–Crippen MR) is 78.3 cm³/mol. The van der Waals surface area contributed by atoms with Crippen LogP contribution >= 0.6 is 11.3 Å². The molecule has 7 heteroatoms. The second kappa shape index (κ2) is 5.31. The van der Waals surface area contributed by atoms with Crippen LogP contribution in [-0.2, 0) is 23.0 Å². The molecule has 0 fully saturated rings. The van der Waals surface area contributed by atoms with Crippen molar-refractivity contribution in [3.05, 3.63) is 35.2 Å². The average Bonchev–Trinajstić information content (AvgIpc) is 3.04. The fraction of sp³-hybridized carbons (Fsp3) is 0.462. The molecule has 3 rings (SSSR count). The number of imidazole rings is 1. The summed E-state index contributed by atoms with van der Waals surface area (Å²) in [6, 6.07) is 3.49. The van der Waals surface area contributed by atoms with Crippen molar-refractivity contribution in [2.75, 3.05) is 6.54 Å². The molecule has 5 nitrogen and oxygen atoms in total. The van der Waals surface area contributed by atoms with Gasteiger partial charge < -0.3 is 4.57 Å². The number of hydrogen-bond donors (Lipinski definition) is 1. The molecular weight excluding hydrogens is 294 g/mol. The van der Waals surface area contributed by atoms with Crippen molar-refractivity contribution >= 4 is 21.4 Å². The van der Waals surface area contributed by atoms with Crippen LogP contribution in [0.2, 0.25) is 0 Å². The van der Waals surface area contributed by atoms with Gasteiger partial charge in [0.15, 0.2) is 0 Å². The van der Waals surface area contributed by atoms with Gasteiger partial charge in [0.05, 0.1) is 0 Å². The molecular formula is C13H17N3O2S2. The van der Waals surface area contributed by atoms with E-state index in [1.165, 1.54) is 11.3 Å². The van der Waals surface area contributed by atoms with E-state index in [0.29, 0.717) is 16.7 Å². The Morgan fingerprint density at radius 1 is 1.50 bits per heavy atom. The maximum atomic E-state index is 12.2. The first-order valence-corrected chi connectivity index (χ1v) is 8.91. The number of sulfonamides is 1. The van der Waals surface area contributed by atoms with Gasteiger partial charge in [-0.1, -0.05) is 0 Å². The third-order valence-corrected chi connectivity index (χ3v) is 6.49. The Morgan fingerprint density at radius 3 is 3.10 bits per heavy atom. The maximum Gasteiger partial charge on any atom is 0.250 e. The highest BCUT2D eigenvalue weighted by atomic mass is 32.2. The first-order chi connectivity index (χ1) is 9.54. The van der Waals surface area contributed by atoms with Crippen LogP contribution in [0.5, 0.6) is 0 Å². The van der Waals surface area contributed by atoms with Crippen LogP contribution in [0.1, 0.15) is 17.1 Å². The SMILES string of the molecule is Cc1ccc(S(=O)(=O)NC[C@H]2CCc3nccn3C2)s1. The van der Waals surface area contributed by atoms with Crippen LogP contribution in [0.3, 0.4) is 0 Å². The summed E-state index contributed by atoms with van der Waals surface area (Å²) in [5.74, 6) is 1.42. The summed E-state index contributed by atoms with van der Waals surface area (Å²) < 4.78 is 29.6. The Hall–Kier alpha value is -1.18. The zero-order chi connectivity index (χ0) is 14.2. The Labute approximate surface area is 122 Å². The first kappa shape index (κ1) is 13.8. The minimum atomic E-state index is -3.36. The minimum absolute atomic E-state index is 0.326. The molecule has 0 unspecified atom stereocenters. The van der Waals surface area contributed by atoms with Crippen LogP contribution < -0.4 is 4.72 Å². The molecule has 2 aromatic heterocycles. The molecule has 1 N–H and O–H groups in total. The summed E-state index contributed by atoms with van der Waals surface area (Å²) in [5.41, 5.74) is 0. The lowest BCUT2D eigenvalue weighted by Crippen LogP contribution is -2.33. The Balaban J connectivity index is 1.63. The normalized spacial score (nSPS) is 18.9. The van der Waals surface area contributed by atoms with Crippen molar-refractivity contribution in [1.82, 2.24) is 14.3 Å². The van der Waals surface area contributed by atoms with Crippen molar-refractivity contribution in [2.45, 2.75) is 30.5 Å². The molecule has 1 aliphatic heterocycles. The fourth-order valence-corrected chi connectivity index (χ4v) is 4.90. The molecule has 2 aromatic rings. The monoisotopic (exact) mass is 311 g/mol. The Morgan fingerprint density at radius 2 is 2.35 bits per heavy atom. The van der Waals surface area contributed by atoms with Crippen LogP contribution in [0.25, 0.3) is 0 Å². The Kier molecular flexibility index (Phi) is 3.66. The summed E-state index contributed by atoms with van der Waals surface area (Å²) in [4.78, 5) is 5.28. The van der Waals surface area contributed by atoms with Gasteiger partial charge >= 0.3 is 0 Å². The third-order valence-electron chi connectivity index (χ3n) is 3.58. The number of hydrogen-bond acceptors (Lipinski definition) is 4. The van der Waals surface area contributed by atoms with E-state index in [0.717, 1.165) is 30.1 Å². The van der Waals surface area contributed by atoms with Gasteiger partial charge in [-0.05, 0) is 31.4 Å². The molecule has 0 aromatic carbocycles. The van der Waals surface area contributed by atoms with Gasteiger partial charge in [-0.25, -0.2) is 18.1 Å². The smallest absolute Gasteiger partial charge is 0.250 e. The zero-order valence-electron chi connectivity index (χ0n) is 11.2. The number of fused-ring (bicyclic) bond motifs is 1. The lowest BCUT2D eigenvalue weighted by atomic mass is 10.00. The summed E-state index contributed by atoms with van der Waals surface area (Å²) in [7, 11) is -3.36. The Bertz CT molecular complexity index is 703. The van der Waals surface area contributed by atoms with E-state index in [1.807, 2.05) is 19.2 Å². The molecule has 0 radical (unpaired) electrons. The van der Waals surface area contributed by atoms with Gasteiger partial charge in [0, 0.05) is 36.8 Å². The lowest BCUT2D eigenvalue weighted by Gasteiger charge is -2.23. The maximum absolute atomic E-state index is 12.2. The summed E-state index contributed by atoms with van der Waals surface area (Å²) in [6.45, 7) is 3.23. The highest BCUT2D eigenvalue weighted by molar-refractivity contribution is 7.91. The molecule has 0 saturated carbocycles. The van der Waals surface area contributed by atoms with E-state index in [2.05, 4.69) is 14.3 Å². The number of nitrogens with zero attached hydrogens (tertiary/aromatic N) is 2. The van der Waals surface area contributed by atoms with Crippen molar-refractivity contribution in [1.29, 1.82) is 0 Å². The van der Waals surface area contributed by atoms with Crippen molar-refractivity contribution in [2.24, 2.45) is 5.92 Å². The standard InChI is InChI=1S/C13H17N3O2S2/c1-10-2-5-13(19-10)20(17,18)15-8-11-3-4-12-14-6-7-16(12)9-11/h2,5-7,11,15H,3-4,8-9H2,1H3/t11-/m1/s1. The molecule has 108 valence electrons. The molecule has 0 amide bonds. The highest BCUT2D eigenvalue weighted by Crippen LogP contribution is 2.22. The zero-order valence-corrected chi connectivity index (χ0v) is 12.9. The van der Waals surface area contributed by atoms with E-state index in [-0.39, 0.29) is 0 Å². The minimum Gasteiger partial charge on any atom is -0.335 e. The van der Waals surface area contributed by atoms with Crippen molar-refractivity contribution in [3.8, 4) is 0 Å². The quantitative estimate of drug-likeness (QED) is 0.936. The molecule has 1 aliphatic rings. The first-order valence-electron chi connectivity index (χ1n) is 6.61. The molecule has 0 spiro atoms. The van der Waals surface area contributed by atoms with Crippen molar-refractivity contribution in [3.63, 3.8) is 0 Å². The van der Waals surface area contributed by atoms with E-state index >= 15 is 0 Å². The average molecular weight is 311 g/mol. The van der Waals surface area contributed by atoms with Gasteiger partial charge in [-0.15, -0.1) is 11.3 Å². The molecule has 1 atom stereocenters.